The minimum atomic E-state index is 0.984. The molecule has 0 saturated carbocycles. The van der Waals surface area contributed by atoms with Crippen molar-refractivity contribution in [3.05, 3.63) is 47.2 Å². The summed E-state index contributed by atoms with van der Waals surface area (Å²) in [6, 6.07) is 8.86. The summed E-state index contributed by atoms with van der Waals surface area (Å²) in [5.41, 5.74) is 3.94. The summed E-state index contributed by atoms with van der Waals surface area (Å²) in [6.45, 7) is 13.6. The molecule has 0 aromatic heterocycles. The van der Waals surface area contributed by atoms with Gasteiger partial charge in [0.25, 0.3) is 0 Å². The lowest BCUT2D eigenvalue weighted by Crippen LogP contribution is -2.44. The molecule has 2 fully saturated rings. The van der Waals surface area contributed by atoms with Gasteiger partial charge in [0.15, 0.2) is 0 Å². The molecule has 0 bridgehead atoms. The molecule has 0 aliphatic carbocycles. The van der Waals surface area contributed by atoms with Gasteiger partial charge in [-0.1, -0.05) is 36.5 Å². The molecule has 2 heterocycles. The normalized spacial score (nSPS) is 19.6. The summed E-state index contributed by atoms with van der Waals surface area (Å²) in [4.78, 5) is 7.59. The summed E-state index contributed by atoms with van der Waals surface area (Å²) in [7, 11) is 0. The van der Waals surface area contributed by atoms with Crippen LogP contribution in [0.15, 0.2) is 36.0 Å². The maximum atomic E-state index is 3.36. The molecule has 146 valence electrons. The largest absolute Gasteiger partial charge is 0.373 e. The van der Waals surface area contributed by atoms with Crippen molar-refractivity contribution in [2.75, 3.05) is 45.8 Å². The fourth-order valence-corrected chi connectivity index (χ4v) is 3.95. The van der Waals surface area contributed by atoms with E-state index in [9.17, 15) is 0 Å². The van der Waals surface area contributed by atoms with Crippen molar-refractivity contribution in [3.63, 3.8) is 0 Å². The molecule has 0 radical (unpaired) electrons. The van der Waals surface area contributed by atoms with E-state index in [0.29, 0.717) is 0 Å². The topological polar surface area (TPSA) is 9.72 Å². The summed E-state index contributed by atoms with van der Waals surface area (Å²) in [5, 5.41) is 0. The lowest BCUT2D eigenvalue weighted by Gasteiger charge is -2.36. The Bertz CT molecular complexity index is 651. The zero-order chi connectivity index (χ0) is 18.9. The van der Waals surface area contributed by atoms with Crippen LogP contribution in [-0.2, 0) is 6.54 Å². The van der Waals surface area contributed by atoms with E-state index in [0.717, 1.165) is 51.3 Å². The smallest absolute Gasteiger partial charge is 0.0303 e. The highest BCUT2D eigenvalue weighted by atomic mass is 15.3. The van der Waals surface area contributed by atoms with Crippen LogP contribution in [0.3, 0.4) is 0 Å². The molecule has 3 nitrogen and oxygen atoms in total. The number of allylic oxidation sites excluding steroid dienone is 2. The molecule has 0 amide bonds. The second kappa shape index (κ2) is 10.5. The Balaban J connectivity index is 1.41. The molecule has 0 N–H and O–H groups in total. The first kappa shape index (κ1) is 20.0. The third-order valence-electron chi connectivity index (χ3n) is 5.88. The van der Waals surface area contributed by atoms with Gasteiger partial charge in [0, 0.05) is 56.9 Å². The number of hydrogen-bond acceptors (Lipinski definition) is 3. The van der Waals surface area contributed by atoms with Crippen LogP contribution >= 0.6 is 0 Å². The fourth-order valence-electron chi connectivity index (χ4n) is 3.95. The number of rotatable bonds is 5. The minimum Gasteiger partial charge on any atom is -0.373 e. The third-order valence-corrected chi connectivity index (χ3v) is 5.88. The van der Waals surface area contributed by atoms with Gasteiger partial charge in [0.05, 0.1) is 0 Å². The summed E-state index contributed by atoms with van der Waals surface area (Å²) in [5.74, 6) is 6.69. The Labute approximate surface area is 166 Å². The highest BCUT2D eigenvalue weighted by molar-refractivity contribution is 5.36. The maximum Gasteiger partial charge on any atom is 0.0303 e. The summed E-state index contributed by atoms with van der Waals surface area (Å²) in [6.07, 6.45) is 7.32. The van der Waals surface area contributed by atoms with Gasteiger partial charge in [-0.15, -0.1) is 0 Å². The van der Waals surface area contributed by atoms with E-state index in [4.69, 9.17) is 0 Å². The molecule has 27 heavy (non-hydrogen) atoms. The fraction of sp³-hybridized carbons (Fsp3) is 0.583. The lowest BCUT2D eigenvalue weighted by molar-refractivity contribution is 0.153. The minimum absolute atomic E-state index is 0.984. The summed E-state index contributed by atoms with van der Waals surface area (Å²) >= 11 is 0. The van der Waals surface area contributed by atoms with E-state index in [-0.39, 0.29) is 0 Å². The molecule has 2 aliphatic heterocycles. The van der Waals surface area contributed by atoms with Crippen molar-refractivity contribution >= 4 is 0 Å². The molecule has 1 aromatic rings. The average molecular weight is 366 g/mol. The SMILES string of the molecule is C/C=C(\C)N1CCN(Cc2ccc(C#CCCN3CCCCC3)cc2)CC1. The van der Waals surface area contributed by atoms with Gasteiger partial charge in [-0.2, -0.15) is 0 Å². The molecule has 0 spiro atoms. The van der Waals surface area contributed by atoms with Gasteiger partial charge in [-0.05, 0) is 57.5 Å². The van der Waals surface area contributed by atoms with Crippen LogP contribution in [0.5, 0.6) is 0 Å². The quantitative estimate of drug-likeness (QED) is 0.732. The van der Waals surface area contributed by atoms with E-state index >= 15 is 0 Å². The number of piperidine rings is 1. The summed E-state index contributed by atoms with van der Waals surface area (Å²) < 4.78 is 0. The zero-order valence-electron chi connectivity index (χ0n) is 17.2. The molecule has 0 atom stereocenters. The standard InChI is InChI=1S/C24H35N3/c1-3-22(2)27-19-17-26(18-20-27)21-24-12-10-23(11-13-24)9-5-8-16-25-14-6-4-7-15-25/h3,10-13H,4,6-8,14-21H2,1-2H3/b22-3+. The second-order valence-corrected chi connectivity index (χ2v) is 7.84. The Morgan fingerprint density at radius 2 is 1.63 bits per heavy atom. The third kappa shape index (κ3) is 6.41. The number of hydrogen-bond donors (Lipinski definition) is 0. The Morgan fingerprint density at radius 1 is 0.926 bits per heavy atom. The number of piperazine rings is 1. The van der Waals surface area contributed by atoms with E-state index in [2.05, 4.69) is 70.7 Å². The van der Waals surface area contributed by atoms with Crippen LogP contribution in [0.2, 0.25) is 0 Å². The predicted octanol–water partition coefficient (Wildman–Crippen LogP) is 3.96. The molecular formula is C24H35N3. The average Bonchev–Trinajstić information content (AvgIpc) is 2.73. The number of benzene rings is 1. The van der Waals surface area contributed by atoms with Crippen LogP contribution in [0.25, 0.3) is 0 Å². The van der Waals surface area contributed by atoms with Gasteiger partial charge < -0.3 is 9.80 Å². The van der Waals surface area contributed by atoms with E-state index in [1.807, 2.05) is 0 Å². The molecule has 2 saturated heterocycles. The van der Waals surface area contributed by atoms with Crippen molar-refractivity contribution in [2.24, 2.45) is 0 Å². The second-order valence-electron chi connectivity index (χ2n) is 7.84. The van der Waals surface area contributed by atoms with Crippen molar-refractivity contribution in [1.82, 2.24) is 14.7 Å². The van der Waals surface area contributed by atoms with E-state index in [1.165, 1.54) is 43.6 Å². The predicted molar refractivity (Wildman–Crippen MR) is 115 cm³/mol. The van der Waals surface area contributed by atoms with Gasteiger partial charge in [0.2, 0.25) is 0 Å². The van der Waals surface area contributed by atoms with Gasteiger partial charge in [0.1, 0.15) is 0 Å². The van der Waals surface area contributed by atoms with Crippen LogP contribution < -0.4 is 0 Å². The molecular weight excluding hydrogens is 330 g/mol. The maximum absolute atomic E-state index is 3.36. The first-order valence-corrected chi connectivity index (χ1v) is 10.6. The monoisotopic (exact) mass is 365 g/mol. The van der Waals surface area contributed by atoms with Crippen LogP contribution in [0, 0.1) is 11.8 Å². The van der Waals surface area contributed by atoms with Crippen LogP contribution in [0.1, 0.15) is 50.7 Å². The van der Waals surface area contributed by atoms with Crippen LogP contribution in [0.4, 0.5) is 0 Å². The van der Waals surface area contributed by atoms with Crippen molar-refractivity contribution in [2.45, 2.75) is 46.1 Å². The Kier molecular flexibility index (Phi) is 7.80. The Morgan fingerprint density at radius 3 is 2.30 bits per heavy atom. The molecule has 2 aliphatic rings. The van der Waals surface area contributed by atoms with Crippen molar-refractivity contribution < 1.29 is 0 Å². The molecule has 0 unspecified atom stereocenters. The first-order valence-electron chi connectivity index (χ1n) is 10.6. The number of nitrogens with zero attached hydrogens (tertiary/aromatic N) is 3. The van der Waals surface area contributed by atoms with Crippen molar-refractivity contribution in [1.29, 1.82) is 0 Å². The van der Waals surface area contributed by atoms with E-state index < -0.39 is 0 Å². The van der Waals surface area contributed by atoms with Crippen molar-refractivity contribution in [3.8, 4) is 11.8 Å². The van der Waals surface area contributed by atoms with Crippen LogP contribution in [-0.4, -0.2) is 60.5 Å². The molecule has 3 heteroatoms. The van der Waals surface area contributed by atoms with Gasteiger partial charge >= 0.3 is 0 Å². The molecule has 3 rings (SSSR count). The first-order chi connectivity index (χ1) is 13.2. The zero-order valence-corrected chi connectivity index (χ0v) is 17.2. The highest BCUT2D eigenvalue weighted by Gasteiger charge is 2.16. The molecule has 1 aromatic carbocycles. The highest BCUT2D eigenvalue weighted by Crippen LogP contribution is 2.13. The lowest BCUT2D eigenvalue weighted by atomic mass is 10.1. The van der Waals surface area contributed by atoms with Gasteiger partial charge in [-0.3, -0.25) is 4.90 Å². The Hall–Kier alpha value is -1.76. The van der Waals surface area contributed by atoms with E-state index in [1.54, 1.807) is 0 Å². The van der Waals surface area contributed by atoms with Gasteiger partial charge in [-0.25, -0.2) is 0 Å². The number of likely N-dealkylation sites (tertiary alicyclic amines) is 1.